The first kappa shape index (κ1) is 24.4. The molecule has 168 valence electrons. The minimum Gasteiger partial charge on any atom is -0.494 e. The number of nitrogens with two attached hydrogens (primary N) is 1. The van der Waals surface area contributed by atoms with Crippen LogP contribution >= 0.6 is 12.0 Å². The van der Waals surface area contributed by atoms with Crippen molar-refractivity contribution < 1.29 is 37.5 Å². The molecule has 0 unspecified atom stereocenters. The molecule has 0 aliphatic rings. The number of aromatic hydroxyl groups is 1. The van der Waals surface area contributed by atoms with E-state index < -0.39 is 32.4 Å². The molecule has 15 heteroatoms. The van der Waals surface area contributed by atoms with Crippen molar-refractivity contribution in [3.63, 3.8) is 0 Å². The number of hydrogen-bond donors (Lipinski definition) is 4. The molecule has 0 bridgehead atoms. The van der Waals surface area contributed by atoms with Gasteiger partial charge in [-0.25, -0.2) is 5.26 Å². The SMILES string of the molecule is CCn1c(O)c(C(N)=O)c(C)c(N=Nc2cc(C)c(SOOO)cc2S(=O)(=O)O)c1=O. The summed E-state index contributed by atoms with van der Waals surface area (Å²) in [6.45, 7) is 4.38. The maximum Gasteiger partial charge on any atom is 0.296 e. The molecule has 1 aromatic heterocycles. The third kappa shape index (κ3) is 5.09. The second kappa shape index (κ2) is 9.54. The van der Waals surface area contributed by atoms with Gasteiger partial charge in [0.2, 0.25) is 5.88 Å². The molecular weight excluding hydrogens is 456 g/mol. The van der Waals surface area contributed by atoms with Gasteiger partial charge in [0.15, 0.2) is 5.69 Å². The van der Waals surface area contributed by atoms with Crippen LogP contribution in [0.3, 0.4) is 0 Å². The van der Waals surface area contributed by atoms with Gasteiger partial charge in [-0.05, 0) is 38.5 Å². The van der Waals surface area contributed by atoms with Crippen LogP contribution in [0.25, 0.3) is 0 Å². The highest BCUT2D eigenvalue weighted by molar-refractivity contribution is 7.94. The maximum absolute atomic E-state index is 12.6. The van der Waals surface area contributed by atoms with Crippen molar-refractivity contribution in [1.29, 1.82) is 0 Å². The van der Waals surface area contributed by atoms with Crippen LogP contribution in [-0.2, 0) is 26.0 Å². The van der Waals surface area contributed by atoms with Crippen molar-refractivity contribution in [2.45, 2.75) is 37.1 Å². The third-order valence-electron chi connectivity index (χ3n) is 4.17. The van der Waals surface area contributed by atoms with Crippen molar-refractivity contribution >= 4 is 39.4 Å². The summed E-state index contributed by atoms with van der Waals surface area (Å²) in [5.41, 5.74) is 3.80. The minimum absolute atomic E-state index is 0.0119. The Bertz CT molecular complexity index is 1220. The first-order valence-electron chi connectivity index (χ1n) is 8.38. The number of carbonyl (C=O) groups is 1. The van der Waals surface area contributed by atoms with Gasteiger partial charge < -0.3 is 10.8 Å². The predicted octanol–water partition coefficient (Wildman–Crippen LogP) is 2.38. The lowest BCUT2D eigenvalue weighted by Gasteiger charge is -2.13. The monoisotopic (exact) mass is 474 g/mol. The first-order chi connectivity index (χ1) is 14.4. The van der Waals surface area contributed by atoms with Gasteiger partial charge in [0.05, 0.1) is 12.0 Å². The average Bonchev–Trinajstić information content (AvgIpc) is 2.66. The molecule has 1 heterocycles. The summed E-state index contributed by atoms with van der Waals surface area (Å²) in [6.07, 6.45) is 0. The number of aromatic nitrogens is 1. The highest BCUT2D eigenvalue weighted by atomic mass is 32.2. The summed E-state index contributed by atoms with van der Waals surface area (Å²) >= 11 is 0.465. The van der Waals surface area contributed by atoms with E-state index in [-0.39, 0.29) is 33.9 Å². The Hall–Kier alpha value is -2.82. The Morgan fingerprint density at radius 2 is 1.94 bits per heavy atom. The summed E-state index contributed by atoms with van der Waals surface area (Å²) in [4.78, 5) is 23.8. The lowest BCUT2D eigenvalue weighted by Crippen LogP contribution is -2.25. The predicted molar refractivity (Wildman–Crippen MR) is 107 cm³/mol. The zero-order valence-corrected chi connectivity index (χ0v) is 18.0. The molecule has 0 aliphatic carbocycles. The van der Waals surface area contributed by atoms with Crippen LogP contribution in [0.2, 0.25) is 0 Å². The molecular formula is C16H18N4O9S2. The summed E-state index contributed by atoms with van der Waals surface area (Å²) in [7, 11) is -4.79. The van der Waals surface area contributed by atoms with Crippen LogP contribution in [0, 0.1) is 13.8 Å². The molecule has 0 atom stereocenters. The molecule has 31 heavy (non-hydrogen) atoms. The first-order valence-corrected chi connectivity index (χ1v) is 10.6. The number of azo groups is 1. The Labute approximate surface area is 179 Å². The molecule has 0 spiro atoms. The molecule has 0 saturated carbocycles. The van der Waals surface area contributed by atoms with Crippen molar-refractivity contribution in [3.8, 4) is 5.88 Å². The second-order valence-electron chi connectivity index (χ2n) is 6.07. The van der Waals surface area contributed by atoms with Gasteiger partial charge in [0, 0.05) is 17.0 Å². The van der Waals surface area contributed by atoms with Crippen LogP contribution in [0.5, 0.6) is 5.88 Å². The van der Waals surface area contributed by atoms with E-state index in [0.29, 0.717) is 17.6 Å². The number of nitrogens with zero attached hydrogens (tertiary/aromatic N) is 3. The highest BCUT2D eigenvalue weighted by Gasteiger charge is 2.23. The number of primary amides is 1. The number of hydrogen-bond acceptors (Lipinski definition) is 11. The fourth-order valence-electron chi connectivity index (χ4n) is 2.70. The van der Waals surface area contributed by atoms with E-state index in [4.69, 9.17) is 11.0 Å². The Balaban J connectivity index is 2.73. The zero-order chi connectivity index (χ0) is 23.5. The minimum atomic E-state index is -4.79. The molecule has 1 amide bonds. The van der Waals surface area contributed by atoms with Crippen molar-refractivity contribution in [2.24, 2.45) is 16.0 Å². The van der Waals surface area contributed by atoms with Crippen LogP contribution in [0.4, 0.5) is 11.4 Å². The smallest absolute Gasteiger partial charge is 0.296 e. The number of benzene rings is 1. The van der Waals surface area contributed by atoms with Gasteiger partial charge in [-0.1, -0.05) is 5.04 Å². The van der Waals surface area contributed by atoms with E-state index >= 15 is 0 Å². The van der Waals surface area contributed by atoms with E-state index in [0.717, 1.165) is 10.6 Å². The molecule has 0 aliphatic heterocycles. The molecule has 13 nitrogen and oxygen atoms in total. The van der Waals surface area contributed by atoms with Crippen LogP contribution in [0.1, 0.15) is 28.4 Å². The van der Waals surface area contributed by atoms with E-state index in [1.54, 1.807) is 0 Å². The number of pyridine rings is 1. The van der Waals surface area contributed by atoms with E-state index in [1.165, 1.54) is 26.8 Å². The van der Waals surface area contributed by atoms with Gasteiger partial charge in [-0.15, -0.1) is 14.6 Å². The van der Waals surface area contributed by atoms with Crippen LogP contribution in [0.15, 0.2) is 36.9 Å². The van der Waals surface area contributed by atoms with Gasteiger partial charge in [0.25, 0.3) is 21.6 Å². The van der Waals surface area contributed by atoms with Gasteiger partial charge in [-0.3, -0.25) is 18.7 Å². The van der Waals surface area contributed by atoms with E-state index in [1.807, 2.05) is 0 Å². The van der Waals surface area contributed by atoms with E-state index in [9.17, 15) is 27.7 Å². The van der Waals surface area contributed by atoms with Gasteiger partial charge >= 0.3 is 0 Å². The molecule has 0 fully saturated rings. The largest absolute Gasteiger partial charge is 0.494 e. The summed E-state index contributed by atoms with van der Waals surface area (Å²) in [5, 5.41) is 29.4. The average molecular weight is 474 g/mol. The third-order valence-corrected chi connectivity index (χ3v) is 5.80. The summed E-state index contributed by atoms with van der Waals surface area (Å²) in [6, 6.07) is 2.21. The molecule has 1 aromatic carbocycles. The Morgan fingerprint density at radius 3 is 2.45 bits per heavy atom. The molecule has 0 saturated heterocycles. The van der Waals surface area contributed by atoms with Crippen molar-refractivity contribution in [3.05, 3.63) is 39.2 Å². The second-order valence-corrected chi connectivity index (χ2v) is 8.20. The lowest BCUT2D eigenvalue weighted by atomic mass is 10.1. The number of amides is 1. The zero-order valence-electron chi connectivity index (χ0n) is 16.4. The Kier molecular flexibility index (Phi) is 7.53. The molecule has 5 N–H and O–H groups in total. The molecule has 0 radical (unpaired) electrons. The highest BCUT2D eigenvalue weighted by Crippen LogP contribution is 2.35. The van der Waals surface area contributed by atoms with E-state index in [2.05, 4.69) is 19.6 Å². The van der Waals surface area contributed by atoms with Crippen molar-refractivity contribution in [1.82, 2.24) is 4.57 Å². The fraction of sp³-hybridized carbons (Fsp3) is 0.250. The molecule has 2 aromatic rings. The quantitative estimate of drug-likeness (QED) is 0.144. The summed E-state index contributed by atoms with van der Waals surface area (Å²) < 4.78 is 38.2. The maximum atomic E-state index is 12.6. The molecule has 2 rings (SSSR count). The van der Waals surface area contributed by atoms with Crippen LogP contribution in [-0.4, -0.2) is 33.8 Å². The fourth-order valence-corrected chi connectivity index (χ4v) is 3.86. The Morgan fingerprint density at radius 1 is 1.29 bits per heavy atom. The summed E-state index contributed by atoms with van der Waals surface area (Å²) in [5.74, 6) is -1.63. The van der Waals surface area contributed by atoms with Crippen molar-refractivity contribution in [2.75, 3.05) is 0 Å². The van der Waals surface area contributed by atoms with Crippen LogP contribution < -0.4 is 11.3 Å². The topological polar surface area (TPSA) is 203 Å². The lowest BCUT2D eigenvalue weighted by molar-refractivity contribution is -0.432. The number of carbonyl (C=O) groups excluding carboxylic acids is 1. The standard InChI is InChI=1S/C16H18N4O9S2/c1-4-20-15(22)12(14(17)21)8(3)13(16(20)23)19-18-9-5-7(2)10(30-29-28-24)6-11(9)31(25,26)27/h5-6,22,24H,4H2,1-3H3,(H2,17,21)(H,25,26,27). The van der Waals surface area contributed by atoms with Gasteiger partial charge in [0.1, 0.15) is 16.1 Å². The van der Waals surface area contributed by atoms with Gasteiger partial charge in [-0.2, -0.15) is 8.42 Å². The number of rotatable bonds is 8. The normalized spacial score (nSPS) is 11.9. The number of aryl methyl sites for hydroxylation is 1.